The van der Waals surface area contributed by atoms with E-state index in [1.807, 2.05) is 38.1 Å². The highest BCUT2D eigenvalue weighted by molar-refractivity contribution is 5.81. The number of imidazole rings is 1. The van der Waals surface area contributed by atoms with Crippen LogP contribution in [0.1, 0.15) is 25.0 Å². The minimum atomic E-state index is -0.312. The molecule has 0 spiro atoms. The maximum absolute atomic E-state index is 12.3. The standard InChI is InChI=1S/C16H20N6O3.C2H6/c1-24-6-7-25-15-20-13(18)12-14(21-15)22(16(23)19-12)9-11-4-2-10(8-17)3-5-11;1-2/h2-5H,6-9,17H2,1H3,(H,19,23)(H2,18,20,21);1-2H3. The predicted octanol–water partition coefficient (Wildman–Crippen LogP) is 1.26. The van der Waals surface area contributed by atoms with Gasteiger partial charge in [-0.05, 0) is 11.1 Å². The van der Waals surface area contributed by atoms with Crippen molar-refractivity contribution in [2.24, 2.45) is 5.73 Å². The van der Waals surface area contributed by atoms with Crippen molar-refractivity contribution >= 4 is 17.0 Å². The highest BCUT2D eigenvalue weighted by atomic mass is 16.5. The lowest BCUT2D eigenvalue weighted by atomic mass is 10.1. The lowest BCUT2D eigenvalue weighted by Gasteiger charge is -2.07. The second-order valence-electron chi connectivity index (χ2n) is 5.47. The van der Waals surface area contributed by atoms with Crippen LogP contribution < -0.4 is 21.9 Å². The average Bonchev–Trinajstić information content (AvgIpc) is 3.00. The summed E-state index contributed by atoms with van der Waals surface area (Å²) in [5.41, 5.74) is 14.0. The van der Waals surface area contributed by atoms with Crippen LogP contribution in [0, 0.1) is 0 Å². The Bertz CT molecular complexity index is 917. The number of benzene rings is 1. The molecule has 1 aromatic carbocycles. The van der Waals surface area contributed by atoms with Gasteiger partial charge in [0, 0.05) is 13.7 Å². The Morgan fingerprint density at radius 3 is 2.41 bits per heavy atom. The summed E-state index contributed by atoms with van der Waals surface area (Å²) in [5, 5.41) is 0. The summed E-state index contributed by atoms with van der Waals surface area (Å²) in [4.78, 5) is 23.3. The number of hydrogen-bond acceptors (Lipinski definition) is 7. The first-order valence-corrected chi connectivity index (χ1v) is 8.78. The van der Waals surface area contributed by atoms with Crippen molar-refractivity contribution in [3.63, 3.8) is 0 Å². The Balaban J connectivity index is 0.00000126. The fraction of sp³-hybridized carbons (Fsp3) is 0.389. The second-order valence-corrected chi connectivity index (χ2v) is 5.47. The fourth-order valence-electron chi connectivity index (χ4n) is 2.42. The quantitative estimate of drug-likeness (QED) is 0.530. The van der Waals surface area contributed by atoms with Crippen LogP contribution in [0.2, 0.25) is 0 Å². The maximum atomic E-state index is 12.3. The lowest BCUT2D eigenvalue weighted by Crippen LogP contribution is -2.18. The Morgan fingerprint density at radius 1 is 1.11 bits per heavy atom. The van der Waals surface area contributed by atoms with Crippen LogP contribution in [0.15, 0.2) is 29.1 Å². The molecule has 146 valence electrons. The Morgan fingerprint density at radius 2 is 1.78 bits per heavy atom. The van der Waals surface area contributed by atoms with E-state index in [0.29, 0.717) is 30.9 Å². The van der Waals surface area contributed by atoms with Gasteiger partial charge in [0.05, 0.1) is 13.2 Å². The van der Waals surface area contributed by atoms with Crippen molar-refractivity contribution in [3.8, 4) is 6.01 Å². The Hall–Kier alpha value is -2.91. The second kappa shape index (κ2) is 9.70. The lowest BCUT2D eigenvalue weighted by molar-refractivity contribution is 0.141. The van der Waals surface area contributed by atoms with Crippen molar-refractivity contribution in [2.45, 2.75) is 26.9 Å². The molecule has 0 saturated carbocycles. The molecular weight excluding hydrogens is 348 g/mol. The molecule has 3 rings (SSSR count). The van der Waals surface area contributed by atoms with E-state index in [4.69, 9.17) is 20.9 Å². The zero-order valence-corrected chi connectivity index (χ0v) is 15.9. The predicted molar refractivity (Wildman–Crippen MR) is 105 cm³/mol. The van der Waals surface area contributed by atoms with Crippen molar-refractivity contribution in [3.05, 3.63) is 45.9 Å². The van der Waals surface area contributed by atoms with E-state index in [2.05, 4.69) is 15.0 Å². The summed E-state index contributed by atoms with van der Waals surface area (Å²) < 4.78 is 11.8. The molecule has 0 aliphatic carbocycles. The molecule has 0 amide bonds. The van der Waals surface area contributed by atoms with Gasteiger partial charge in [-0.15, -0.1) is 0 Å². The molecule has 0 saturated heterocycles. The minimum absolute atomic E-state index is 0.105. The summed E-state index contributed by atoms with van der Waals surface area (Å²) in [6.45, 7) is 5.50. The van der Waals surface area contributed by atoms with Gasteiger partial charge < -0.3 is 25.9 Å². The van der Waals surface area contributed by atoms with Crippen LogP contribution in [0.3, 0.4) is 0 Å². The number of methoxy groups -OCH3 is 1. The molecule has 0 fully saturated rings. The summed E-state index contributed by atoms with van der Waals surface area (Å²) >= 11 is 0. The van der Waals surface area contributed by atoms with Gasteiger partial charge in [0.25, 0.3) is 0 Å². The number of ether oxygens (including phenoxy) is 2. The molecule has 2 aromatic heterocycles. The average molecular weight is 374 g/mol. The van der Waals surface area contributed by atoms with Crippen molar-refractivity contribution < 1.29 is 9.47 Å². The third-order valence-electron chi connectivity index (χ3n) is 3.75. The smallest absolute Gasteiger partial charge is 0.328 e. The topological polar surface area (TPSA) is 134 Å². The van der Waals surface area contributed by atoms with E-state index in [1.54, 1.807) is 7.11 Å². The zero-order valence-electron chi connectivity index (χ0n) is 15.9. The monoisotopic (exact) mass is 374 g/mol. The van der Waals surface area contributed by atoms with Gasteiger partial charge in [-0.3, -0.25) is 4.57 Å². The maximum Gasteiger partial charge on any atom is 0.328 e. The van der Waals surface area contributed by atoms with E-state index in [-0.39, 0.29) is 24.1 Å². The van der Waals surface area contributed by atoms with Crippen LogP contribution in [0.4, 0.5) is 5.82 Å². The number of nitrogens with two attached hydrogens (primary N) is 2. The Labute approximate surface area is 157 Å². The first kappa shape index (κ1) is 20.4. The molecule has 0 aliphatic heterocycles. The molecule has 2 heterocycles. The number of aromatic amines is 1. The van der Waals surface area contributed by atoms with Crippen LogP contribution in [-0.2, 0) is 17.8 Å². The molecule has 5 N–H and O–H groups in total. The number of hydrogen-bond donors (Lipinski definition) is 3. The van der Waals surface area contributed by atoms with Crippen molar-refractivity contribution in [1.29, 1.82) is 0 Å². The van der Waals surface area contributed by atoms with Crippen molar-refractivity contribution in [1.82, 2.24) is 19.5 Å². The van der Waals surface area contributed by atoms with Gasteiger partial charge in [-0.1, -0.05) is 38.1 Å². The molecule has 3 aromatic rings. The first-order chi connectivity index (χ1) is 13.1. The van der Waals surface area contributed by atoms with E-state index in [9.17, 15) is 4.79 Å². The summed E-state index contributed by atoms with van der Waals surface area (Å²) in [5.74, 6) is 0.159. The normalized spacial score (nSPS) is 10.5. The van der Waals surface area contributed by atoms with Gasteiger partial charge >= 0.3 is 11.7 Å². The number of aromatic nitrogens is 4. The number of fused-ring (bicyclic) bond motifs is 1. The van der Waals surface area contributed by atoms with E-state index < -0.39 is 0 Å². The highest BCUT2D eigenvalue weighted by Gasteiger charge is 2.15. The van der Waals surface area contributed by atoms with Gasteiger partial charge in [0.1, 0.15) is 12.1 Å². The number of H-pyrrole nitrogens is 1. The molecule has 0 aliphatic rings. The largest absolute Gasteiger partial charge is 0.461 e. The van der Waals surface area contributed by atoms with E-state index >= 15 is 0 Å². The molecule has 0 bridgehead atoms. The van der Waals surface area contributed by atoms with Gasteiger partial charge in [-0.25, -0.2) is 4.79 Å². The van der Waals surface area contributed by atoms with Crippen molar-refractivity contribution in [2.75, 3.05) is 26.1 Å². The Kier molecular flexibility index (Phi) is 7.33. The first-order valence-electron chi connectivity index (χ1n) is 8.78. The third-order valence-corrected chi connectivity index (χ3v) is 3.75. The van der Waals surface area contributed by atoms with E-state index in [1.165, 1.54) is 4.57 Å². The fourth-order valence-corrected chi connectivity index (χ4v) is 2.42. The number of nitrogens with zero attached hydrogens (tertiary/aromatic N) is 3. The van der Waals surface area contributed by atoms with Crippen LogP contribution in [0.25, 0.3) is 11.2 Å². The van der Waals surface area contributed by atoms with Crippen LogP contribution in [-0.4, -0.2) is 39.8 Å². The summed E-state index contributed by atoms with van der Waals surface area (Å²) in [7, 11) is 1.57. The molecular formula is C18H26N6O3. The molecule has 0 radical (unpaired) electrons. The van der Waals surface area contributed by atoms with Gasteiger partial charge in [-0.2, -0.15) is 9.97 Å². The third kappa shape index (κ3) is 4.83. The summed E-state index contributed by atoms with van der Waals surface area (Å²) in [6.07, 6.45) is 0. The minimum Gasteiger partial charge on any atom is -0.461 e. The number of nitrogen functional groups attached to an aromatic ring is 1. The SMILES string of the molecule is CC.COCCOc1nc(N)c2[nH]c(=O)n(Cc3ccc(CN)cc3)c2n1. The zero-order chi connectivity index (χ0) is 19.8. The highest BCUT2D eigenvalue weighted by Crippen LogP contribution is 2.18. The number of anilines is 1. The molecule has 9 nitrogen and oxygen atoms in total. The molecule has 9 heteroatoms. The van der Waals surface area contributed by atoms with Crippen LogP contribution in [0.5, 0.6) is 6.01 Å². The molecule has 0 unspecified atom stereocenters. The van der Waals surface area contributed by atoms with Crippen LogP contribution >= 0.6 is 0 Å². The summed E-state index contributed by atoms with van der Waals surface area (Å²) in [6, 6.07) is 7.81. The molecule has 0 atom stereocenters. The van der Waals surface area contributed by atoms with Gasteiger partial charge in [0.2, 0.25) is 0 Å². The van der Waals surface area contributed by atoms with Gasteiger partial charge in [0.15, 0.2) is 11.5 Å². The number of rotatable bonds is 7. The molecule has 27 heavy (non-hydrogen) atoms. The van der Waals surface area contributed by atoms with E-state index in [0.717, 1.165) is 11.1 Å². The number of nitrogens with one attached hydrogen (secondary N) is 1.